The molecule has 0 spiro atoms. The van der Waals surface area contributed by atoms with Gasteiger partial charge in [-0.2, -0.15) is 0 Å². The first-order valence-corrected chi connectivity index (χ1v) is 7.07. The summed E-state index contributed by atoms with van der Waals surface area (Å²) in [7, 11) is 0. The highest BCUT2D eigenvalue weighted by atomic mass is 16.5. The Morgan fingerprint density at radius 2 is 1.94 bits per heavy atom. The van der Waals surface area contributed by atoms with Gasteiger partial charge in [0.25, 0.3) is 0 Å². The van der Waals surface area contributed by atoms with E-state index in [4.69, 9.17) is 4.74 Å². The third-order valence-corrected chi connectivity index (χ3v) is 3.31. The molecular formula is C16H23NO. The van der Waals surface area contributed by atoms with Crippen LogP contribution in [0, 0.1) is 0 Å². The molecular weight excluding hydrogens is 222 g/mol. The normalized spacial score (nSPS) is 11.0. The molecule has 0 aliphatic rings. The molecule has 0 bridgehead atoms. The van der Waals surface area contributed by atoms with Gasteiger partial charge < -0.3 is 9.30 Å². The average Bonchev–Trinajstić information content (AvgIpc) is 2.78. The van der Waals surface area contributed by atoms with Crippen molar-refractivity contribution in [3.05, 3.63) is 30.5 Å². The fourth-order valence-electron chi connectivity index (χ4n) is 2.34. The average molecular weight is 245 g/mol. The Hall–Kier alpha value is -1.44. The number of rotatable bonds is 7. The van der Waals surface area contributed by atoms with Crippen molar-refractivity contribution in [3.63, 3.8) is 0 Å². The maximum Gasteiger partial charge on any atom is 0.120 e. The first-order chi connectivity index (χ1) is 8.85. The molecule has 0 aliphatic heterocycles. The molecule has 2 aromatic rings. The molecule has 0 N–H and O–H groups in total. The van der Waals surface area contributed by atoms with Crippen molar-refractivity contribution in [1.82, 2.24) is 4.57 Å². The standard InChI is InChI=1S/C16H23NO/c1-3-5-6-7-11-17-12-10-14-13-15(18-4-2)8-9-16(14)17/h8-10,12-13H,3-7,11H2,1-2H3. The zero-order valence-electron chi connectivity index (χ0n) is 11.5. The number of hydrogen-bond acceptors (Lipinski definition) is 1. The molecule has 0 aliphatic carbocycles. The summed E-state index contributed by atoms with van der Waals surface area (Å²) in [5.74, 6) is 0.966. The van der Waals surface area contributed by atoms with Crippen LogP contribution >= 0.6 is 0 Å². The second-order valence-electron chi connectivity index (χ2n) is 4.72. The van der Waals surface area contributed by atoms with E-state index in [0.717, 1.165) is 18.9 Å². The van der Waals surface area contributed by atoms with Crippen LogP contribution in [-0.4, -0.2) is 11.2 Å². The van der Waals surface area contributed by atoms with Gasteiger partial charge in [-0.05, 0) is 37.6 Å². The molecule has 2 nitrogen and oxygen atoms in total. The molecule has 2 heteroatoms. The van der Waals surface area contributed by atoms with E-state index in [1.54, 1.807) is 0 Å². The lowest BCUT2D eigenvalue weighted by atomic mass is 10.2. The molecule has 0 fully saturated rings. The number of aryl methyl sites for hydroxylation is 1. The fourth-order valence-corrected chi connectivity index (χ4v) is 2.34. The second kappa shape index (κ2) is 6.48. The number of ether oxygens (including phenoxy) is 1. The van der Waals surface area contributed by atoms with Crippen LogP contribution in [0.15, 0.2) is 30.5 Å². The van der Waals surface area contributed by atoms with Crippen molar-refractivity contribution in [2.45, 2.75) is 46.1 Å². The molecule has 0 atom stereocenters. The maximum atomic E-state index is 5.53. The summed E-state index contributed by atoms with van der Waals surface area (Å²) in [5, 5.41) is 1.27. The molecule has 0 amide bonds. The molecule has 0 unspecified atom stereocenters. The quantitative estimate of drug-likeness (QED) is 0.649. The molecule has 0 saturated heterocycles. The van der Waals surface area contributed by atoms with Gasteiger partial charge in [-0.1, -0.05) is 26.2 Å². The first-order valence-electron chi connectivity index (χ1n) is 7.07. The number of unbranched alkanes of at least 4 members (excludes halogenated alkanes) is 3. The zero-order valence-corrected chi connectivity index (χ0v) is 11.5. The predicted octanol–water partition coefficient (Wildman–Crippen LogP) is 4.62. The van der Waals surface area contributed by atoms with Crippen molar-refractivity contribution >= 4 is 10.9 Å². The summed E-state index contributed by atoms with van der Waals surface area (Å²) in [5.41, 5.74) is 1.31. The van der Waals surface area contributed by atoms with Crippen molar-refractivity contribution in [3.8, 4) is 5.75 Å². The Balaban J connectivity index is 2.06. The summed E-state index contributed by atoms with van der Waals surface area (Å²) >= 11 is 0. The van der Waals surface area contributed by atoms with E-state index in [1.807, 2.05) is 6.92 Å². The Kier molecular flexibility index (Phi) is 4.68. The predicted molar refractivity (Wildman–Crippen MR) is 77.2 cm³/mol. The third kappa shape index (κ3) is 3.06. The number of aromatic nitrogens is 1. The minimum atomic E-state index is 0.725. The highest BCUT2D eigenvalue weighted by Crippen LogP contribution is 2.22. The van der Waals surface area contributed by atoms with E-state index in [2.05, 4.69) is 42.0 Å². The van der Waals surface area contributed by atoms with Gasteiger partial charge in [-0.15, -0.1) is 0 Å². The second-order valence-corrected chi connectivity index (χ2v) is 4.72. The lowest BCUT2D eigenvalue weighted by Crippen LogP contribution is -1.96. The van der Waals surface area contributed by atoms with Crippen molar-refractivity contribution in [2.24, 2.45) is 0 Å². The number of fused-ring (bicyclic) bond motifs is 1. The van der Waals surface area contributed by atoms with E-state index in [1.165, 1.54) is 36.6 Å². The minimum Gasteiger partial charge on any atom is -0.494 e. The van der Waals surface area contributed by atoms with Gasteiger partial charge in [0.1, 0.15) is 5.75 Å². The number of nitrogens with zero attached hydrogens (tertiary/aromatic N) is 1. The van der Waals surface area contributed by atoms with Crippen molar-refractivity contribution in [1.29, 1.82) is 0 Å². The van der Waals surface area contributed by atoms with Gasteiger partial charge >= 0.3 is 0 Å². The van der Waals surface area contributed by atoms with Gasteiger partial charge in [-0.25, -0.2) is 0 Å². The van der Waals surface area contributed by atoms with Crippen LogP contribution in [0.5, 0.6) is 5.75 Å². The Morgan fingerprint density at radius 3 is 2.72 bits per heavy atom. The molecule has 18 heavy (non-hydrogen) atoms. The third-order valence-electron chi connectivity index (χ3n) is 3.31. The van der Waals surface area contributed by atoms with Gasteiger partial charge in [0, 0.05) is 23.6 Å². The maximum absolute atomic E-state index is 5.53. The van der Waals surface area contributed by atoms with E-state index in [0.29, 0.717) is 0 Å². The first kappa shape index (κ1) is 13.0. The van der Waals surface area contributed by atoms with Crippen LogP contribution in [0.3, 0.4) is 0 Å². The largest absolute Gasteiger partial charge is 0.494 e. The smallest absolute Gasteiger partial charge is 0.120 e. The monoisotopic (exact) mass is 245 g/mol. The van der Waals surface area contributed by atoms with Crippen LogP contribution < -0.4 is 4.74 Å². The summed E-state index contributed by atoms with van der Waals surface area (Å²) in [6.07, 6.45) is 7.42. The summed E-state index contributed by atoms with van der Waals surface area (Å²) in [4.78, 5) is 0. The summed E-state index contributed by atoms with van der Waals surface area (Å²) in [6, 6.07) is 8.54. The molecule has 1 aromatic carbocycles. The summed E-state index contributed by atoms with van der Waals surface area (Å²) < 4.78 is 7.87. The van der Waals surface area contributed by atoms with Crippen LogP contribution in [0.4, 0.5) is 0 Å². The molecule has 0 saturated carbocycles. The lowest BCUT2D eigenvalue weighted by molar-refractivity contribution is 0.340. The van der Waals surface area contributed by atoms with Crippen LogP contribution in [0.25, 0.3) is 10.9 Å². The van der Waals surface area contributed by atoms with Gasteiger partial charge in [0.05, 0.1) is 6.61 Å². The van der Waals surface area contributed by atoms with E-state index < -0.39 is 0 Å². The molecule has 98 valence electrons. The minimum absolute atomic E-state index is 0.725. The number of benzene rings is 1. The fraction of sp³-hybridized carbons (Fsp3) is 0.500. The molecule has 1 aromatic heterocycles. The van der Waals surface area contributed by atoms with Gasteiger partial charge in [0.2, 0.25) is 0 Å². The van der Waals surface area contributed by atoms with Crippen LogP contribution in [0.1, 0.15) is 39.5 Å². The Bertz CT molecular complexity index is 487. The van der Waals surface area contributed by atoms with E-state index in [-0.39, 0.29) is 0 Å². The van der Waals surface area contributed by atoms with Crippen LogP contribution in [-0.2, 0) is 6.54 Å². The van der Waals surface area contributed by atoms with E-state index in [9.17, 15) is 0 Å². The topological polar surface area (TPSA) is 14.2 Å². The van der Waals surface area contributed by atoms with Crippen LogP contribution in [0.2, 0.25) is 0 Å². The zero-order chi connectivity index (χ0) is 12.8. The Morgan fingerprint density at radius 1 is 1.06 bits per heavy atom. The van der Waals surface area contributed by atoms with Gasteiger partial charge in [-0.3, -0.25) is 0 Å². The molecule has 0 radical (unpaired) electrons. The highest BCUT2D eigenvalue weighted by Gasteiger charge is 2.02. The Labute approximate surface area is 110 Å². The summed E-state index contributed by atoms with van der Waals surface area (Å²) in [6.45, 7) is 6.12. The van der Waals surface area contributed by atoms with E-state index >= 15 is 0 Å². The lowest BCUT2D eigenvalue weighted by Gasteiger charge is -2.06. The van der Waals surface area contributed by atoms with Gasteiger partial charge in [0.15, 0.2) is 0 Å². The molecule has 2 rings (SSSR count). The number of hydrogen-bond donors (Lipinski definition) is 0. The van der Waals surface area contributed by atoms with Crippen molar-refractivity contribution in [2.75, 3.05) is 6.61 Å². The SMILES string of the molecule is CCCCCCn1ccc2cc(OCC)ccc21. The highest BCUT2D eigenvalue weighted by molar-refractivity contribution is 5.81. The van der Waals surface area contributed by atoms with Crippen molar-refractivity contribution < 1.29 is 4.74 Å². The molecule has 1 heterocycles.